The van der Waals surface area contributed by atoms with Crippen LogP contribution in [0.5, 0.6) is 0 Å². The molecule has 0 N–H and O–H groups in total. The van der Waals surface area contributed by atoms with Gasteiger partial charge < -0.3 is 14.0 Å². The summed E-state index contributed by atoms with van der Waals surface area (Å²) in [5.41, 5.74) is 0.340. The molecule has 0 saturated carbocycles. The molecule has 0 atom stereocenters. The average Bonchev–Trinajstić information content (AvgIpc) is 2.39. The molecule has 0 radical (unpaired) electrons. The van der Waals surface area contributed by atoms with Gasteiger partial charge in [0.05, 0.1) is 25.9 Å². The number of rotatable bonds is 2. The monoisotopic (exact) mass is 255 g/mol. The zero-order valence-corrected chi connectivity index (χ0v) is 10.5. The Morgan fingerprint density at radius 1 is 1.41 bits per heavy atom. The van der Waals surface area contributed by atoms with E-state index in [9.17, 15) is 9.36 Å². The minimum absolute atomic E-state index is 0.340. The molecule has 1 aromatic heterocycles. The standard InChI is InChI=1S/C11H14NO4P/c1-15-11(13)9-6-10(8-12-7-9)17(14)4-2-16-3-5-17/h6-8H,2-5H2,1H3. The lowest BCUT2D eigenvalue weighted by Gasteiger charge is -2.23. The topological polar surface area (TPSA) is 65.5 Å². The molecule has 5 nitrogen and oxygen atoms in total. The Bertz CT molecular complexity index is 464. The van der Waals surface area contributed by atoms with Crippen molar-refractivity contribution in [1.29, 1.82) is 0 Å². The number of ether oxygens (including phenoxy) is 2. The van der Waals surface area contributed by atoms with Crippen LogP contribution in [0.3, 0.4) is 0 Å². The minimum Gasteiger partial charge on any atom is -0.465 e. The van der Waals surface area contributed by atoms with Gasteiger partial charge in [-0.15, -0.1) is 0 Å². The van der Waals surface area contributed by atoms with Gasteiger partial charge in [0.25, 0.3) is 0 Å². The molecule has 0 unspecified atom stereocenters. The van der Waals surface area contributed by atoms with Crippen molar-refractivity contribution in [2.24, 2.45) is 0 Å². The van der Waals surface area contributed by atoms with E-state index in [1.165, 1.54) is 13.3 Å². The third-order valence-corrected chi connectivity index (χ3v) is 5.80. The Morgan fingerprint density at radius 3 is 2.76 bits per heavy atom. The van der Waals surface area contributed by atoms with Crippen LogP contribution < -0.4 is 5.30 Å². The molecule has 6 heteroatoms. The fourth-order valence-corrected chi connectivity index (χ4v) is 4.02. The number of carbonyl (C=O) groups is 1. The first-order valence-corrected chi connectivity index (χ1v) is 7.43. The Morgan fingerprint density at radius 2 is 2.12 bits per heavy atom. The number of aromatic nitrogens is 1. The van der Waals surface area contributed by atoms with E-state index in [4.69, 9.17) is 4.74 Å². The highest BCUT2D eigenvalue weighted by Crippen LogP contribution is 2.45. The lowest BCUT2D eigenvalue weighted by Crippen LogP contribution is -2.23. The van der Waals surface area contributed by atoms with Crippen LogP contribution in [0.25, 0.3) is 0 Å². The largest absolute Gasteiger partial charge is 0.465 e. The van der Waals surface area contributed by atoms with Crippen LogP contribution >= 0.6 is 7.14 Å². The maximum Gasteiger partial charge on any atom is 0.339 e. The van der Waals surface area contributed by atoms with Gasteiger partial charge in [0, 0.05) is 30.0 Å². The summed E-state index contributed by atoms with van der Waals surface area (Å²) >= 11 is 0. The van der Waals surface area contributed by atoms with Crippen LogP contribution in [0.2, 0.25) is 0 Å². The normalized spacial score (nSPS) is 18.6. The highest BCUT2D eigenvalue weighted by Gasteiger charge is 2.28. The number of nitrogens with zero attached hydrogens (tertiary/aromatic N) is 1. The summed E-state index contributed by atoms with van der Waals surface area (Å²) < 4.78 is 22.4. The smallest absolute Gasteiger partial charge is 0.339 e. The van der Waals surface area contributed by atoms with Crippen LogP contribution in [0.15, 0.2) is 18.5 Å². The Hall–Kier alpha value is -1.19. The molecule has 1 saturated heterocycles. The molecule has 0 aromatic carbocycles. The molecule has 0 bridgehead atoms. The van der Waals surface area contributed by atoms with Crippen LogP contribution in [0, 0.1) is 0 Å². The molecule has 2 rings (SSSR count). The van der Waals surface area contributed by atoms with Crippen molar-refractivity contribution in [2.45, 2.75) is 0 Å². The quantitative estimate of drug-likeness (QED) is 0.580. The van der Waals surface area contributed by atoms with Gasteiger partial charge in [-0.1, -0.05) is 0 Å². The summed E-state index contributed by atoms with van der Waals surface area (Å²) in [5, 5.41) is 0.642. The van der Waals surface area contributed by atoms with E-state index in [1.54, 1.807) is 12.3 Å². The highest BCUT2D eigenvalue weighted by atomic mass is 31.2. The van der Waals surface area contributed by atoms with Crippen molar-refractivity contribution in [3.05, 3.63) is 24.0 Å². The molecule has 0 spiro atoms. The summed E-state index contributed by atoms with van der Waals surface area (Å²) in [7, 11) is -1.13. The number of methoxy groups -OCH3 is 1. The van der Waals surface area contributed by atoms with E-state index in [2.05, 4.69) is 9.72 Å². The van der Waals surface area contributed by atoms with E-state index in [1.807, 2.05) is 0 Å². The lowest BCUT2D eigenvalue weighted by molar-refractivity contribution is 0.0600. The Kier molecular flexibility index (Phi) is 3.60. The highest BCUT2D eigenvalue weighted by molar-refractivity contribution is 7.71. The van der Waals surface area contributed by atoms with Crippen LogP contribution in [-0.2, 0) is 14.0 Å². The van der Waals surface area contributed by atoms with Gasteiger partial charge in [0.15, 0.2) is 0 Å². The van der Waals surface area contributed by atoms with E-state index < -0.39 is 13.1 Å². The molecule has 1 aromatic rings. The third kappa shape index (κ3) is 2.56. The molecule has 92 valence electrons. The molecule has 1 aliphatic heterocycles. The Labute approximate surface area is 99.5 Å². The van der Waals surface area contributed by atoms with Crippen molar-refractivity contribution in [1.82, 2.24) is 4.98 Å². The summed E-state index contributed by atoms with van der Waals surface area (Å²) in [6.45, 7) is 0.999. The van der Waals surface area contributed by atoms with E-state index in [0.717, 1.165) is 0 Å². The third-order valence-electron chi connectivity index (χ3n) is 2.81. The number of pyridine rings is 1. The van der Waals surface area contributed by atoms with Crippen LogP contribution in [0.1, 0.15) is 10.4 Å². The number of hydrogen-bond donors (Lipinski definition) is 0. The van der Waals surface area contributed by atoms with Crippen molar-refractivity contribution in [3.63, 3.8) is 0 Å². The number of hydrogen-bond acceptors (Lipinski definition) is 5. The molecular formula is C11H14NO4P. The lowest BCUT2D eigenvalue weighted by atomic mass is 10.3. The van der Waals surface area contributed by atoms with E-state index in [-0.39, 0.29) is 0 Å². The predicted molar refractivity (Wildman–Crippen MR) is 63.4 cm³/mol. The van der Waals surface area contributed by atoms with E-state index >= 15 is 0 Å². The van der Waals surface area contributed by atoms with Crippen molar-refractivity contribution in [3.8, 4) is 0 Å². The first kappa shape index (κ1) is 12.3. The molecular weight excluding hydrogens is 241 g/mol. The molecule has 1 fully saturated rings. The molecule has 2 heterocycles. The molecule has 17 heavy (non-hydrogen) atoms. The number of esters is 1. The van der Waals surface area contributed by atoms with Gasteiger partial charge in [-0.25, -0.2) is 4.79 Å². The maximum atomic E-state index is 12.6. The van der Waals surface area contributed by atoms with Gasteiger partial charge in [0.1, 0.15) is 7.14 Å². The van der Waals surface area contributed by atoms with Gasteiger partial charge >= 0.3 is 5.97 Å². The first-order chi connectivity index (χ1) is 8.15. The van der Waals surface area contributed by atoms with Gasteiger partial charge in [-0.2, -0.15) is 0 Å². The van der Waals surface area contributed by atoms with E-state index in [0.29, 0.717) is 36.4 Å². The number of carbonyl (C=O) groups excluding carboxylic acids is 1. The summed E-state index contributed by atoms with van der Waals surface area (Å²) in [6.07, 6.45) is 4.01. The van der Waals surface area contributed by atoms with Crippen molar-refractivity contribution < 1.29 is 18.8 Å². The second-order valence-electron chi connectivity index (χ2n) is 3.87. The summed E-state index contributed by atoms with van der Waals surface area (Å²) in [5.74, 6) is -0.459. The second-order valence-corrected chi connectivity index (χ2v) is 7.06. The summed E-state index contributed by atoms with van der Waals surface area (Å²) in [6, 6.07) is 1.62. The predicted octanol–water partition coefficient (Wildman–Crippen LogP) is 0.887. The minimum atomic E-state index is -2.44. The first-order valence-electron chi connectivity index (χ1n) is 5.35. The van der Waals surface area contributed by atoms with Crippen molar-refractivity contribution >= 4 is 18.4 Å². The fourth-order valence-electron chi connectivity index (χ4n) is 1.78. The van der Waals surface area contributed by atoms with Gasteiger partial charge in [0.2, 0.25) is 0 Å². The fraction of sp³-hybridized carbons (Fsp3) is 0.455. The molecule has 0 amide bonds. The van der Waals surface area contributed by atoms with Gasteiger partial charge in [-0.05, 0) is 6.07 Å². The zero-order chi connectivity index (χ0) is 12.3. The SMILES string of the molecule is COC(=O)c1cncc(P2(=O)CCOCC2)c1. The average molecular weight is 255 g/mol. The van der Waals surface area contributed by atoms with Gasteiger partial charge in [-0.3, -0.25) is 4.98 Å². The molecule has 0 aliphatic carbocycles. The summed E-state index contributed by atoms with van der Waals surface area (Å²) in [4.78, 5) is 15.3. The Balaban J connectivity index is 2.32. The van der Waals surface area contributed by atoms with Crippen molar-refractivity contribution in [2.75, 3.05) is 32.6 Å². The van der Waals surface area contributed by atoms with Crippen LogP contribution in [0.4, 0.5) is 0 Å². The van der Waals surface area contributed by atoms with Crippen LogP contribution in [-0.4, -0.2) is 43.6 Å². The second kappa shape index (κ2) is 4.98. The maximum absolute atomic E-state index is 12.6. The molecule has 1 aliphatic rings. The zero-order valence-electron chi connectivity index (χ0n) is 9.59.